The van der Waals surface area contributed by atoms with E-state index >= 15 is 0 Å². The number of aromatic nitrogens is 2. The molecule has 2 aromatic rings. The largest absolute Gasteiger partial charge is 0.477 e. The fraction of sp³-hybridized carbons (Fsp3) is 0. The first-order valence-electron chi connectivity index (χ1n) is 3.77. The van der Waals surface area contributed by atoms with Crippen molar-refractivity contribution < 1.29 is 18.7 Å². The molecule has 0 spiro atoms. The Bertz CT molecular complexity index is 567. The summed E-state index contributed by atoms with van der Waals surface area (Å²) in [5.74, 6) is -3.03. The van der Waals surface area contributed by atoms with Crippen molar-refractivity contribution in [3.8, 4) is 0 Å². The van der Waals surface area contributed by atoms with E-state index in [-0.39, 0.29) is 15.4 Å². The number of H-pyrrole nitrogens is 1. The van der Waals surface area contributed by atoms with Crippen LogP contribution in [0.1, 0.15) is 10.5 Å². The molecule has 7 heteroatoms. The number of nitrogens with one attached hydrogen (secondary N) is 1. The number of hydrogen-bond donors (Lipinski definition) is 2. The van der Waals surface area contributed by atoms with Gasteiger partial charge >= 0.3 is 5.97 Å². The number of nitrogens with zero attached hydrogens (tertiary/aromatic N) is 1. The van der Waals surface area contributed by atoms with Crippen molar-refractivity contribution in [1.29, 1.82) is 0 Å². The average molecular weight is 277 g/mol. The molecular formula is C8H3BrF2N2O2. The second-order valence-corrected chi connectivity index (χ2v) is 3.64. The Morgan fingerprint density at radius 2 is 2.20 bits per heavy atom. The number of aromatic amines is 1. The molecule has 4 nitrogen and oxygen atoms in total. The predicted octanol–water partition coefficient (Wildman–Crippen LogP) is 2.30. The van der Waals surface area contributed by atoms with Gasteiger partial charge in [-0.25, -0.2) is 13.6 Å². The Morgan fingerprint density at radius 1 is 1.53 bits per heavy atom. The number of benzene rings is 1. The van der Waals surface area contributed by atoms with E-state index in [1.165, 1.54) is 0 Å². The Morgan fingerprint density at radius 3 is 2.80 bits per heavy atom. The monoisotopic (exact) mass is 276 g/mol. The van der Waals surface area contributed by atoms with Crippen LogP contribution in [0.15, 0.2) is 10.5 Å². The molecule has 2 rings (SSSR count). The number of carboxylic acids is 1. The molecule has 0 unspecified atom stereocenters. The number of carbonyl (C=O) groups is 1. The van der Waals surface area contributed by atoms with Crippen molar-refractivity contribution in [2.24, 2.45) is 0 Å². The van der Waals surface area contributed by atoms with Gasteiger partial charge < -0.3 is 5.11 Å². The second kappa shape index (κ2) is 3.27. The number of fused-ring (bicyclic) bond motifs is 1. The quantitative estimate of drug-likeness (QED) is 0.786. The Kier molecular flexibility index (Phi) is 2.18. The van der Waals surface area contributed by atoms with Gasteiger partial charge in [0.25, 0.3) is 0 Å². The summed E-state index contributed by atoms with van der Waals surface area (Å²) in [5, 5.41) is 13.8. The second-order valence-electron chi connectivity index (χ2n) is 2.78. The first kappa shape index (κ1) is 10.0. The molecule has 1 aromatic carbocycles. The maximum atomic E-state index is 13.5. The van der Waals surface area contributed by atoms with Crippen molar-refractivity contribution in [2.45, 2.75) is 0 Å². The standard InChI is InChI=1S/C8H3BrF2N2O2/c9-2-1-3(10)6-4(5(2)11)7(8(14)15)13-12-6/h1H,(H,12,13)(H,14,15). The van der Waals surface area contributed by atoms with Crippen LogP contribution in [0.5, 0.6) is 0 Å². The lowest BCUT2D eigenvalue weighted by atomic mass is 10.2. The Hall–Kier alpha value is -1.50. The molecule has 0 radical (unpaired) electrons. The SMILES string of the molecule is O=C(O)c1[nH]nc2c(F)cc(Br)c(F)c12. The topological polar surface area (TPSA) is 66.0 Å². The van der Waals surface area contributed by atoms with Crippen molar-refractivity contribution >= 4 is 32.8 Å². The molecule has 2 N–H and O–H groups in total. The fourth-order valence-electron chi connectivity index (χ4n) is 1.25. The average Bonchev–Trinajstić information content (AvgIpc) is 2.58. The van der Waals surface area contributed by atoms with Crippen LogP contribution in [0.2, 0.25) is 0 Å². The van der Waals surface area contributed by atoms with E-state index in [1.807, 2.05) is 0 Å². The van der Waals surface area contributed by atoms with Crippen LogP contribution in [0, 0.1) is 11.6 Å². The third kappa shape index (κ3) is 1.39. The van der Waals surface area contributed by atoms with E-state index < -0.39 is 23.3 Å². The van der Waals surface area contributed by atoms with Crippen LogP contribution < -0.4 is 0 Å². The molecule has 78 valence electrons. The number of aromatic carboxylic acids is 1. The van der Waals surface area contributed by atoms with Gasteiger partial charge in [-0.15, -0.1) is 0 Å². The molecule has 15 heavy (non-hydrogen) atoms. The van der Waals surface area contributed by atoms with Crippen molar-refractivity contribution in [3.63, 3.8) is 0 Å². The minimum absolute atomic E-state index is 0.142. The molecule has 0 atom stereocenters. The zero-order valence-corrected chi connectivity index (χ0v) is 8.60. The Labute approximate surface area is 90.0 Å². The van der Waals surface area contributed by atoms with Crippen molar-refractivity contribution in [1.82, 2.24) is 10.2 Å². The van der Waals surface area contributed by atoms with E-state index in [2.05, 4.69) is 26.1 Å². The van der Waals surface area contributed by atoms with Crippen molar-refractivity contribution in [2.75, 3.05) is 0 Å². The van der Waals surface area contributed by atoms with Crippen molar-refractivity contribution in [3.05, 3.63) is 27.9 Å². The zero-order chi connectivity index (χ0) is 11.2. The third-order valence-corrected chi connectivity index (χ3v) is 2.47. The summed E-state index contributed by atoms with van der Waals surface area (Å²) in [5.41, 5.74) is -0.796. The van der Waals surface area contributed by atoms with Crippen LogP contribution in [-0.2, 0) is 0 Å². The summed E-state index contributed by atoms with van der Waals surface area (Å²) >= 11 is 2.79. The summed E-state index contributed by atoms with van der Waals surface area (Å²) in [6.45, 7) is 0. The lowest BCUT2D eigenvalue weighted by Gasteiger charge is -1.97. The first-order chi connectivity index (χ1) is 7.02. The molecule has 1 heterocycles. The first-order valence-corrected chi connectivity index (χ1v) is 4.56. The van der Waals surface area contributed by atoms with E-state index in [9.17, 15) is 13.6 Å². The third-order valence-electron chi connectivity index (χ3n) is 1.89. The van der Waals surface area contributed by atoms with Crippen LogP contribution in [0.4, 0.5) is 8.78 Å². The van der Waals surface area contributed by atoms with Crippen LogP contribution >= 0.6 is 15.9 Å². The summed E-state index contributed by atoms with van der Waals surface area (Å²) in [7, 11) is 0. The van der Waals surface area contributed by atoms with Gasteiger partial charge in [0.15, 0.2) is 11.5 Å². The van der Waals surface area contributed by atoms with Crippen LogP contribution in [-0.4, -0.2) is 21.3 Å². The molecular weight excluding hydrogens is 274 g/mol. The highest BCUT2D eigenvalue weighted by Crippen LogP contribution is 2.28. The predicted molar refractivity (Wildman–Crippen MR) is 50.7 cm³/mol. The highest BCUT2D eigenvalue weighted by molar-refractivity contribution is 9.10. The minimum Gasteiger partial charge on any atom is -0.477 e. The minimum atomic E-state index is -1.39. The molecule has 0 aliphatic rings. The normalized spacial score (nSPS) is 10.9. The van der Waals surface area contributed by atoms with Gasteiger partial charge in [-0.1, -0.05) is 0 Å². The van der Waals surface area contributed by atoms with Gasteiger partial charge in [0.1, 0.15) is 11.3 Å². The molecule has 0 aliphatic heterocycles. The maximum Gasteiger partial charge on any atom is 0.354 e. The molecule has 0 bridgehead atoms. The van der Waals surface area contributed by atoms with E-state index in [1.54, 1.807) is 0 Å². The van der Waals surface area contributed by atoms with Crippen LogP contribution in [0.3, 0.4) is 0 Å². The van der Waals surface area contributed by atoms with Gasteiger partial charge in [-0.05, 0) is 22.0 Å². The van der Waals surface area contributed by atoms with Gasteiger partial charge in [-0.3, -0.25) is 5.10 Å². The molecule has 0 fully saturated rings. The number of rotatable bonds is 1. The Balaban J connectivity index is 2.95. The highest BCUT2D eigenvalue weighted by atomic mass is 79.9. The summed E-state index contributed by atoms with van der Waals surface area (Å²) < 4.78 is 26.6. The smallest absolute Gasteiger partial charge is 0.354 e. The number of hydrogen-bond acceptors (Lipinski definition) is 2. The number of carboxylic acid groups (broad SMARTS) is 1. The van der Waals surface area contributed by atoms with Gasteiger partial charge in [0.05, 0.1) is 9.86 Å². The highest BCUT2D eigenvalue weighted by Gasteiger charge is 2.20. The number of halogens is 3. The molecule has 1 aromatic heterocycles. The molecule has 0 amide bonds. The maximum absolute atomic E-state index is 13.5. The molecule has 0 saturated heterocycles. The summed E-state index contributed by atoms with van der Waals surface area (Å²) in [6.07, 6.45) is 0. The lowest BCUT2D eigenvalue weighted by molar-refractivity contribution is 0.0692. The van der Waals surface area contributed by atoms with Gasteiger partial charge in [-0.2, -0.15) is 5.10 Å². The summed E-state index contributed by atoms with van der Waals surface area (Å²) in [6, 6.07) is 0.893. The molecule has 0 saturated carbocycles. The zero-order valence-electron chi connectivity index (χ0n) is 7.01. The van der Waals surface area contributed by atoms with Gasteiger partial charge in [0.2, 0.25) is 0 Å². The van der Waals surface area contributed by atoms with E-state index in [0.29, 0.717) is 0 Å². The lowest BCUT2D eigenvalue weighted by Crippen LogP contribution is -1.98. The van der Waals surface area contributed by atoms with E-state index in [4.69, 9.17) is 5.11 Å². The summed E-state index contributed by atoms with van der Waals surface area (Å²) in [4.78, 5) is 10.7. The van der Waals surface area contributed by atoms with Gasteiger partial charge in [0, 0.05) is 0 Å². The van der Waals surface area contributed by atoms with E-state index in [0.717, 1.165) is 6.07 Å². The fourth-order valence-corrected chi connectivity index (χ4v) is 1.64. The van der Waals surface area contributed by atoms with Crippen LogP contribution in [0.25, 0.3) is 10.9 Å². The molecule has 0 aliphatic carbocycles.